The van der Waals surface area contributed by atoms with Crippen molar-refractivity contribution in [2.45, 2.75) is 45.2 Å². The van der Waals surface area contributed by atoms with E-state index in [0.717, 1.165) is 16.3 Å². The fraction of sp³-hybridized carbons (Fsp3) is 0.310. The van der Waals surface area contributed by atoms with E-state index in [1.165, 1.54) is 6.07 Å². The molecule has 38 heavy (non-hydrogen) atoms. The van der Waals surface area contributed by atoms with Crippen molar-refractivity contribution in [3.63, 3.8) is 0 Å². The number of aromatic nitrogens is 2. The summed E-state index contributed by atoms with van der Waals surface area (Å²) >= 11 is 0. The Morgan fingerprint density at radius 2 is 1.71 bits per heavy atom. The van der Waals surface area contributed by atoms with Gasteiger partial charge in [0.05, 0.1) is 13.2 Å². The third-order valence-corrected chi connectivity index (χ3v) is 6.48. The molecule has 0 fully saturated rings. The average Bonchev–Trinajstić information content (AvgIpc) is 3.35. The molecule has 0 aliphatic heterocycles. The van der Waals surface area contributed by atoms with Crippen LogP contribution in [0.2, 0.25) is 0 Å². The number of nitrogens with zero attached hydrogens (tertiary/aromatic N) is 1. The number of aromatic amines is 2. The summed E-state index contributed by atoms with van der Waals surface area (Å²) in [5.74, 6) is 0.0689. The van der Waals surface area contributed by atoms with Gasteiger partial charge in [-0.2, -0.15) is 5.26 Å². The van der Waals surface area contributed by atoms with Gasteiger partial charge in [0.15, 0.2) is 0 Å². The molecule has 9 nitrogen and oxygen atoms in total. The Morgan fingerprint density at radius 3 is 2.45 bits per heavy atom. The Hall–Kier alpha value is -4.58. The van der Waals surface area contributed by atoms with Crippen LogP contribution < -0.4 is 20.9 Å². The van der Waals surface area contributed by atoms with Gasteiger partial charge in [-0.3, -0.25) is 14.4 Å². The minimum absolute atomic E-state index is 0.152. The van der Waals surface area contributed by atoms with Crippen molar-refractivity contribution in [2.24, 2.45) is 5.92 Å². The van der Waals surface area contributed by atoms with E-state index in [0.29, 0.717) is 41.3 Å². The van der Waals surface area contributed by atoms with Gasteiger partial charge in [0.1, 0.15) is 23.5 Å². The van der Waals surface area contributed by atoms with Crippen LogP contribution in [-0.4, -0.2) is 41.0 Å². The number of carbonyl (C=O) groups is 2. The number of ether oxygens (including phenoxy) is 1. The molecule has 0 saturated heterocycles. The number of methoxy groups -OCH3 is 1. The molecule has 9 heteroatoms. The van der Waals surface area contributed by atoms with E-state index in [1.807, 2.05) is 50.2 Å². The summed E-state index contributed by atoms with van der Waals surface area (Å²) in [6, 6.07) is 16.3. The summed E-state index contributed by atoms with van der Waals surface area (Å²) in [5, 5.41) is 17.0. The number of hydrogen-bond acceptors (Lipinski definition) is 5. The van der Waals surface area contributed by atoms with Gasteiger partial charge < -0.3 is 25.3 Å². The lowest BCUT2D eigenvalue weighted by molar-refractivity contribution is -0.123. The minimum Gasteiger partial charge on any atom is -0.496 e. The maximum absolute atomic E-state index is 13.3. The van der Waals surface area contributed by atoms with Gasteiger partial charge in [-0.1, -0.05) is 38.1 Å². The lowest BCUT2D eigenvalue weighted by Gasteiger charge is -2.21. The van der Waals surface area contributed by atoms with Crippen molar-refractivity contribution in [3.05, 3.63) is 76.2 Å². The predicted molar refractivity (Wildman–Crippen MR) is 146 cm³/mol. The number of pyridine rings is 1. The first-order chi connectivity index (χ1) is 18.3. The summed E-state index contributed by atoms with van der Waals surface area (Å²) in [4.78, 5) is 44.4. The zero-order valence-electron chi connectivity index (χ0n) is 21.6. The lowest BCUT2D eigenvalue weighted by atomic mass is 10.0. The fourth-order valence-corrected chi connectivity index (χ4v) is 4.50. The van der Waals surface area contributed by atoms with Gasteiger partial charge in [-0.25, -0.2) is 0 Å². The first-order valence-electron chi connectivity index (χ1n) is 12.6. The number of amides is 2. The maximum Gasteiger partial charge on any atom is 0.268 e. The van der Waals surface area contributed by atoms with Gasteiger partial charge in [0.25, 0.3) is 5.91 Å². The number of H-pyrrole nitrogens is 2. The van der Waals surface area contributed by atoms with Crippen LogP contribution in [0.3, 0.4) is 0 Å². The Morgan fingerprint density at radius 1 is 0.974 bits per heavy atom. The average molecular weight is 514 g/mol. The van der Waals surface area contributed by atoms with E-state index < -0.39 is 23.9 Å². The van der Waals surface area contributed by atoms with E-state index in [9.17, 15) is 19.6 Å². The first-order valence-corrected chi connectivity index (χ1v) is 12.6. The van der Waals surface area contributed by atoms with Gasteiger partial charge in [0.2, 0.25) is 11.5 Å². The van der Waals surface area contributed by atoms with Crippen LogP contribution in [0.25, 0.3) is 21.8 Å². The monoisotopic (exact) mass is 513 g/mol. The number of fused-ring (bicyclic) bond motifs is 2. The van der Waals surface area contributed by atoms with Crippen molar-refractivity contribution in [3.8, 4) is 11.8 Å². The van der Waals surface area contributed by atoms with E-state index >= 15 is 0 Å². The SMILES string of the molecule is COc1cccc2[nH]c(C(=O)N[C@H](CCC(C)C)C(=O)N[C@H](C#N)Cc3cc(=O)[nH]c4ccccc34)cc12. The van der Waals surface area contributed by atoms with Crippen LogP contribution in [0.4, 0.5) is 0 Å². The van der Waals surface area contributed by atoms with Gasteiger partial charge in [-0.05, 0) is 48.6 Å². The summed E-state index contributed by atoms with van der Waals surface area (Å²) in [6.45, 7) is 4.08. The number of carbonyl (C=O) groups excluding carboxylic acids is 2. The van der Waals surface area contributed by atoms with Crippen molar-refractivity contribution < 1.29 is 14.3 Å². The van der Waals surface area contributed by atoms with Crippen molar-refractivity contribution in [1.82, 2.24) is 20.6 Å². The molecule has 2 atom stereocenters. The molecule has 2 aromatic heterocycles. The van der Waals surface area contributed by atoms with Crippen molar-refractivity contribution in [2.75, 3.05) is 7.11 Å². The Balaban J connectivity index is 1.52. The molecule has 0 bridgehead atoms. The second kappa shape index (κ2) is 11.6. The zero-order chi connectivity index (χ0) is 27.2. The molecular weight excluding hydrogens is 482 g/mol. The molecule has 2 aromatic carbocycles. The summed E-state index contributed by atoms with van der Waals surface area (Å²) in [7, 11) is 1.56. The number of hydrogen-bond donors (Lipinski definition) is 4. The first kappa shape index (κ1) is 26.5. The quantitative estimate of drug-likeness (QED) is 0.255. The van der Waals surface area contributed by atoms with Crippen molar-refractivity contribution in [1.29, 1.82) is 5.26 Å². The molecular formula is C29H31N5O4. The highest BCUT2D eigenvalue weighted by Gasteiger charge is 2.25. The number of benzene rings is 2. The topological polar surface area (TPSA) is 140 Å². The predicted octanol–water partition coefficient (Wildman–Crippen LogP) is 3.80. The molecule has 0 spiro atoms. The van der Waals surface area contributed by atoms with E-state index in [1.54, 1.807) is 19.2 Å². The molecule has 0 radical (unpaired) electrons. The summed E-state index contributed by atoms with van der Waals surface area (Å²) < 4.78 is 5.38. The smallest absolute Gasteiger partial charge is 0.268 e. The second-order valence-electron chi connectivity index (χ2n) is 9.70. The molecule has 4 aromatic rings. The third kappa shape index (κ3) is 6.03. The zero-order valence-corrected chi connectivity index (χ0v) is 21.6. The molecule has 0 unspecified atom stereocenters. The van der Waals surface area contributed by atoms with E-state index in [4.69, 9.17) is 4.74 Å². The highest BCUT2D eigenvalue weighted by Crippen LogP contribution is 2.26. The molecule has 2 heterocycles. The van der Waals surface area contributed by atoms with Crippen LogP contribution in [0.15, 0.2) is 59.4 Å². The number of nitriles is 1. The maximum atomic E-state index is 13.3. The number of rotatable bonds is 10. The highest BCUT2D eigenvalue weighted by molar-refractivity contribution is 6.01. The second-order valence-corrected chi connectivity index (χ2v) is 9.70. The highest BCUT2D eigenvalue weighted by atomic mass is 16.5. The van der Waals surface area contributed by atoms with Gasteiger partial charge >= 0.3 is 0 Å². The molecule has 2 amide bonds. The van der Waals surface area contributed by atoms with E-state index in [2.05, 4.69) is 26.7 Å². The van der Waals surface area contributed by atoms with Crippen LogP contribution >= 0.6 is 0 Å². The van der Waals surface area contributed by atoms with Gasteiger partial charge in [-0.15, -0.1) is 0 Å². The molecule has 4 rings (SSSR count). The van der Waals surface area contributed by atoms with Crippen LogP contribution in [0.5, 0.6) is 5.75 Å². The fourth-order valence-electron chi connectivity index (χ4n) is 4.50. The molecule has 4 N–H and O–H groups in total. The Bertz CT molecular complexity index is 1560. The largest absolute Gasteiger partial charge is 0.496 e. The lowest BCUT2D eigenvalue weighted by Crippen LogP contribution is -2.50. The molecule has 196 valence electrons. The van der Waals surface area contributed by atoms with Crippen molar-refractivity contribution >= 4 is 33.6 Å². The van der Waals surface area contributed by atoms with Crippen LogP contribution in [0.1, 0.15) is 42.7 Å². The Kier molecular flexibility index (Phi) is 8.12. The standard InChI is InChI=1S/C29H31N5O4/c1-17(2)11-12-24(34-29(37)25-15-21-23(32-25)9-6-10-26(21)38-3)28(36)31-19(16-30)13-18-14-27(35)33-22-8-5-4-7-20(18)22/h4-10,14-15,17,19,24,32H,11-13H2,1-3H3,(H,31,36)(H,33,35)(H,34,37)/t19-,24+/m0/s1. The van der Waals surface area contributed by atoms with Gasteiger partial charge in [0, 0.05) is 34.3 Å². The summed E-state index contributed by atoms with van der Waals surface area (Å²) in [6.07, 6.45) is 1.26. The van der Waals surface area contributed by atoms with Crippen LogP contribution in [-0.2, 0) is 11.2 Å². The number of para-hydroxylation sites is 1. The molecule has 0 aliphatic carbocycles. The third-order valence-electron chi connectivity index (χ3n) is 6.48. The van der Waals surface area contributed by atoms with Crippen LogP contribution in [0, 0.1) is 17.2 Å². The normalized spacial score (nSPS) is 12.7. The Labute approximate surface area is 220 Å². The molecule has 0 aliphatic rings. The van der Waals surface area contributed by atoms with E-state index in [-0.39, 0.29) is 12.0 Å². The summed E-state index contributed by atoms with van der Waals surface area (Å²) in [5.41, 5.74) is 2.09. The minimum atomic E-state index is -0.886. The number of nitrogens with one attached hydrogen (secondary N) is 4. The molecule has 0 saturated carbocycles.